The highest BCUT2D eigenvalue weighted by atomic mass is 16.5. The Balaban J connectivity index is 1.70. The third-order valence-electron chi connectivity index (χ3n) is 6.03. The van der Waals surface area contributed by atoms with E-state index >= 15 is 0 Å². The molecule has 0 aliphatic carbocycles. The summed E-state index contributed by atoms with van der Waals surface area (Å²) in [6.07, 6.45) is 3.03. The van der Waals surface area contributed by atoms with Crippen LogP contribution in [0.4, 0.5) is 11.6 Å². The number of nitrogens with zero attached hydrogens (tertiary/aromatic N) is 4. The molecule has 1 aliphatic rings. The summed E-state index contributed by atoms with van der Waals surface area (Å²) < 4.78 is 5.28. The average Bonchev–Trinajstić information content (AvgIpc) is 3.41. The summed E-state index contributed by atoms with van der Waals surface area (Å²) in [5, 5.41) is 11.2. The second-order valence-corrected chi connectivity index (χ2v) is 8.33. The number of methoxy groups -OCH3 is 1. The van der Waals surface area contributed by atoms with Crippen molar-refractivity contribution in [1.29, 1.82) is 0 Å². The topological polar surface area (TPSA) is 112 Å². The van der Waals surface area contributed by atoms with Crippen LogP contribution in [0.25, 0.3) is 16.8 Å². The number of carbonyl (C=O) groups is 2. The lowest BCUT2D eigenvalue weighted by Gasteiger charge is -2.23. The van der Waals surface area contributed by atoms with E-state index in [9.17, 15) is 14.7 Å². The first-order valence-corrected chi connectivity index (χ1v) is 10.9. The van der Waals surface area contributed by atoms with E-state index in [1.165, 1.54) is 17.3 Å². The zero-order chi connectivity index (χ0) is 24.7. The molecule has 1 fully saturated rings. The van der Waals surface area contributed by atoms with Crippen LogP contribution in [0.3, 0.4) is 0 Å². The first-order chi connectivity index (χ1) is 16.9. The number of ether oxygens (including phenoxy) is 1. The number of aromatic nitrogens is 3. The van der Waals surface area contributed by atoms with Crippen LogP contribution in [0.5, 0.6) is 5.75 Å². The third-order valence-corrected chi connectivity index (χ3v) is 6.03. The molecule has 0 radical (unpaired) electrons. The zero-order valence-corrected chi connectivity index (χ0v) is 19.4. The first-order valence-electron chi connectivity index (χ1n) is 10.9. The number of imidazole rings is 1. The highest BCUT2D eigenvalue weighted by Gasteiger charge is 2.48. The number of hydrogen-bond acceptors (Lipinski definition) is 7. The Morgan fingerprint density at radius 1 is 1.06 bits per heavy atom. The second kappa shape index (κ2) is 8.60. The summed E-state index contributed by atoms with van der Waals surface area (Å²) in [7, 11) is 5.41. The predicted octanol–water partition coefficient (Wildman–Crippen LogP) is 3.66. The number of aliphatic hydroxyl groups excluding tert-OH is 1. The van der Waals surface area contributed by atoms with Crippen LogP contribution < -0.4 is 14.5 Å². The highest BCUT2D eigenvalue weighted by molar-refractivity contribution is 6.51. The van der Waals surface area contributed by atoms with E-state index in [4.69, 9.17) is 4.74 Å². The smallest absolute Gasteiger partial charge is 0.302 e. The molecule has 1 atom stereocenters. The van der Waals surface area contributed by atoms with Crippen LogP contribution >= 0.6 is 0 Å². The fourth-order valence-corrected chi connectivity index (χ4v) is 4.20. The lowest BCUT2D eigenvalue weighted by Crippen LogP contribution is -2.30. The van der Waals surface area contributed by atoms with Crippen molar-refractivity contribution in [1.82, 2.24) is 15.0 Å². The van der Waals surface area contributed by atoms with Gasteiger partial charge in [-0.25, -0.2) is 4.98 Å². The molecular formula is C26H23N5O4. The van der Waals surface area contributed by atoms with E-state index < -0.39 is 17.7 Å². The van der Waals surface area contributed by atoms with Gasteiger partial charge in [-0.05, 0) is 42.0 Å². The zero-order valence-electron chi connectivity index (χ0n) is 19.4. The number of H-pyrrole nitrogens is 1. The number of carbonyl (C=O) groups excluding carboxylic acids is 2. The lowest BCUT2D eigenvalue weighted by molar-refractivity contribution is -0.132. The van der Waals surface area contributed by atoms with E-state index in [1.54, 1.807) is 37.4 Å². The first kappa shape index (κ1) is 22.1. The predicted molar refractivity (Wildman–Crippen MR) is 132 cm³/mol. The Morgan fingerprint density at radius 3 is 2.43 bits per heavy atom. The van der Waals surface area contributed by atoms with Crippen molar-refractivity contribution in [2.75, 3.05) is 31.0 Å². The van der Waals surface area contributed by atoms with Crippen molar-refractivity contribution in [3.8, 4) is 5.75 Å². The van der Waals surface area contributed by atoms with Gasteiger partial charge in [0, 0.05) is 43.8 Å². The molecule has 0 saturated carbocycles. The number of ketones is 1. The van der Waals surface area contributed by atoms with Crippen LogP contribution in [0.15, 0.2) is 72.6 Å². The van der Waals surface area contributed by atoms with Gasteiger partial charge in [-0.15, -0.1) is 0 Å². The van der Waals surface area contributed by atoms with Gasteiger partial charge in [0.15, 0.2) is 0 Å². The third kappa shape index (κ3) is 3.76. The van der Waals surface area contributed by atoms with Crippen LogP contribution in [0, 0.1) is 0 Å². The summed E-state index contributed by atoms with van der Waals surface area (Å²) in [6, 6.07) is 15.0. The van der Waals surface area contributed by atoms with Gasteiger partial charge in [0.1, 0.15) is 11.5 Å². The molecule has 2 aromatic carbocycles. The molecule has 1 unspecified atom stereocenters. The Kier molecular flexibility index (Phi) is 5.44. The molecule has 1 aliphatic heterocycles. The van der Waals surface area contributed by atoms with Gasteiger partial charge in [0.2, 0.25) is 5.95 Å². The summed E-state index contributed by atoms with van der Waals surface area (Å²) in [4.78, 5) is 41.5. The SMILES string of the molecule is COc1ccc2nc(N3C(=O)C(=O)/C(=C(/O)c4ccncc4)C3c3ccc(N(C)C)cc3)[nH]c2c1. The van der Waals surface area contributed by atoms with Crippen LogP contribution in [-0.2, 0) is 9.59 Å². The van der Waals surface area contributed by atoms with E-state index in [0.717, 1.165) is 5.69 Å². The van der Waals surface area contributed by atoms with E-state index in [1.807, 2.05) is 43.3 Å². The number of anilines is 2. The maximum absolute atomic E-state index is 13.3. The van der Waals surface area contributed by atoms with E-state index in [0.29, 0.717) is 27.9 Å². The number of fused-ring (bicyclic) bond motifs is 1. The number of hydrogen-bond donors (Lipinski definition) is 2. The number of aliphatic hydroxyl groups is 1. The van der Waals surface area contributed by atoms with Crippen molar-refractivity contribution in [3.63, 3.8) is 0 Å². The summed E-state index contributed by atoms with van der Waals surface area (Å²) in [6.45, 7) is 0. The number of Topliss-reactive ketones (excluding diaryl/α,β-unsaturated/α-hetero) is 1. The van der Waals surface area contributed by atoms with Gasteiger partial charge in [-0.2, -0.15) is 0 Å². The minimum absolute atomic E-state index is 0.0168. The van der Waals surface area contributed by atoms with Gasteiger partial charge >= 0.3 is 5.91 Å². The molecule has 3 heterocycles. The van der Waals surface area contributed by atoms with Crippen LogP contribution in [0.1, 0.15) is 17.2 Å². The molecule has 1 saturated heterocycles. The van der Waals surface area contributed by atoms with Crippen LogP contribution in [0.2, 0.25) is 0 Å². The molecule has 35 heavy (non-hydrogen) atoms. The summed E-state index contributed by atoms with van der Waals surface area (Å²) >= 11 is 0. The molecule has 9 heteroatoms. The molecule has 2 aromatic heterocycles. The van der Waals surface area contributed by atoms with Gasteiger partial charge in [-0.1, -0.05) is 12.1 Å². The van der Waals surface area contributed by atoms with Gasteiger partial charge in [0.25, 0.3) is 5.78 Å². The Bertz CT molecular complexity index is 1460. The average molecular weight is 470 g/mol. The van der Waals surface area contributed by atoms with Crippen molar-refractivity contribution < 1.29 is 19.4 Å². The van der Waals surface area contributed by atoms with Crippen molar-refractivity contribution in [2.45, 2.75) is 6.04 Å². The molecule has 2 N–H and O–H groups in total. The molecule has 0 spiro atoms. The minimum Gasteiger partial charge on any atom is -0.507 e. The largest absolute Gasteiger partial charge is 0.507 e. The number of amides is 1. The van der Waals surface area contributed by atoms with E-state index in [2.05, 4.69) is 15.0 Å². The fraction of sp³-hybridized carbons (Fsp3) is 0.154. The molecule has 1 amide bonds. The monoisotopic (exact) mass is 469 g/mol. The molecule has 176 valence electrons. The van der Waals surface area contributed by atoms with Crippen molar-refractivity contribution in [3.05, 3.63) is 83.7 Å². The summed E-state index contributed by atoms with van der Waals surface area (Å²) in [5.41, 5.74) is 3.24. The Hall–Kier alpha value is -4.66. The van der Waals surface area contributed by atoms with Crippen molar-refractivity contribution >= 4 is 40.1 Å². The standard InChI is InChI=1S/C26H23N5O4/c1-30(2)17-6-4-15(5-7-17)22-21(23(32)16-10-12-27-13-11-16)24(33)25(34)31(22)26-28-19-9-8-18(35-3)14-20(19)29-26/h4-14,22,32H,1-3H3,(H,28,29)/b23-21+. The van der Waals surface area contributed by atoms with Gasteiger partial charge < -0.3 is 19.7 Å². The number of benzene rings is 2. The molecule has 4 aromatic rings. The lowest BCUT2D eigenvalue weighted by atomic mass is 9.95. The molecular weight excluding hydrogens is 446 g/mol. The number of aromatic amines is 1. The molecule has 5 rings (SSSR count). The normalized spacial score (nSPS) is 17.2. The maximum atomic E-state index is 13.3. The van der Waals surface area contributed by atoms with E-state index in [-0.39, 0.29) is 17.3 Å². The van der Waals surface area contributed by atoms with Gasteiger partial charge in [-0.3, -0.25) is 19.5 Å². The van der Waals surface area contributed by atoms with Gasteiger partial charge in [0.05, 0.1) is 29.8 Å². The fourth-order valence-electron chi connectivity index (χ4n) is 4.20. The minimum atomic E-state index is -0.887. The number of nitrogens with one attached hydrogen (secondary N) is 1. The summed E-state index contributed by atoms with van der Waals surface area (Å²) in [5.74, 6) is -1.02. The quantitative estimate of drug-likeness (QED) is 0.261. The number of rotatable bonds is 5. The Labute approximate surface area is 201 Å². The van der Waals surface area contributed by atoms with Crippen LogP contribution in [-0.4, -0.2) is 53.0 Å². The second-order valence-electron chi connectivity index (χ2n) is 8.33. The molecule has 9 nitrogen and oxygen atoms in total. The molecule has 0 bridgehead atoms. The maximum Gasteiger partial charge on any atom is 0.302 e. The highest BCUT2D eigenvalue weighted by Crippen LogP contribution is 2.42. The van der Waals surface area contributed by atoms with Crippen molar-refractivity contribution in [2.24, 2.45) is 0 Å². The Morgan fingerprint density at radius 2 is 1.77 bits per heavy atom. The number of pyridine rings is 1.